The van der Waals surface area contributed by atoms with E-state index < -0.39 is 0 Å². The first kappa shape index (κ1) is 12.9. The van der Waals surface area contributed by atoms with Crippen LogP contribution in [0.25, 0.3) is 11.4 Å². The van der Waals surface area contributed by atoms with Gasteiger partial charge in [-0.3, -0.25) is 0 Å². The topological polar surface area (TPSA) is 50.3 Å². The second-order valence-corrected chi connectivity index (χ2v) is 4.73. The predicted molar refractivity (Wildman–Crippen MR) is 79.1 cm³/mol. The Morgan fingerprint density at radius 2 is 1.90 bits per heavy atom. The second-order valence-electron chi connectivity index (χ2n) is 4.73. The number of anilines is 1. The molecule has 0 spiro atoms. The molecular formula is C15H18N4O. The molecule has 5 nitrogen and oxygen atoms in total. The third-order valence-electron chi connectivity index (χ3n) is 3.45. The maximum absolute atomic E-state index is 5.22. The van der Waals surface area contributed by atoms with Crippen molar-refractivity contribution in [2.24, 2.45) is 0 Å². The summed E-state index contributed by atoms with van der Waals surface area (Å²) < 4.78 is 5.22. The van der Waals surface area contributed by atoms with Gasteiger partial charge in [-0.1, -0.05) is 12.1 Å². The number of piperazine rings is 1. The van der Waals surface area contributed by atoms with Gasteiger partial charge in [0.05, 0.1) is 25.2 Å². The zero-order valence-electron chi connectivity index (χ0n) is 11.5. The van der Waals surface area contributed by atoms with Crippen LogP contribution in [-0.2, 0) is 0 Å². The van der Waals surface area contributed by atoms with Crippen LogP contribution in [0.3, 0.4) is 0 Å². The molecule has 1 aliphatic rings. The Bertz CT molecular complexity index is 564. The standard InChI is InChI=1S/C15H18N4O/c1-20-14-4-2-3-12(9-14)15-17-10-13(11-18-15)19-7-5-16-6-8-19/h2-4,9-11,16H,5-8H2,1H3. The van der Waals surface area contributed by atoms with Crippen LogP contribution < -0.4 is 15.0 Å². The average Bonchev–Trinajstić information content (AvgIpc) is 2.56. The van der Waals surface area contributed by atoms with Crippen molar-refractivity contribution in [3.8, 4) is 17.1 Å². The van der Waals surface area contributed by atoms with E-state index in [4.69, 9.17) is 4.74 Å². The molecule has 1 aliphatic heterocycles. The van der Waals surface area contributed by atoms with Gasteiger partial charge >= 0.3 is 0 Å². The smallest absolute Gasteiger partial charge is 0.159 e. The molecule has 0 amide bonds. The summed E-state index contributed by atoms with van der Waals surface area (Å²) in [6.45, 7) is 4.03. The fourth-order valence-electron chi connectivity index (χ4n) is 2.32. The number of methoxy groups -OCH3 is 1. The maximum atomic E-state index is 5.22. The Balaban J connectivity index is 1.81. The van der Waals surface area contributed by atoms with Crippen molar-refractivity contribution < 1.29 is 4.74 Å². The van der Waals surface area contributed by atoms with Crippen LogP contribution in [0.2, 0.25) is 0 Å². The molecule has 1 aromatic heterocycles. The summed E-state index contributed by atoms with van der Waals surface area (Å²) in [6.07, 6.45) is 3.79. The first-order chi connectivity index (χ1) is 9.86. The van der Waals surface area contributed by atoms with Crippen LogP contribution >= 0.6 is 0 Å². The number of nitrogens with zero attached hydrogens (tertiary/aromatic N) is 3. The lowest BCUT2D eigenvalue weighted by molar-refractivity contribution is 0.415. The Hall–Kier alpha value is -2.14. The van der Waals surface area contributed by atoms with E-state index in [1.165, 1.54) is 0 Å². The number of hydrogen-bond acceptors (Lipinski definition) is 5. The zero-order valence-corrected chi connectivity index (χ0v) is 11.5. The molecule has 0 aliphatic carbocycles. The van der Waals surface area contributed by atoms with E-state index in [2.05, 4.69) is 20.2 Å². The maximum Gasteiger partial charge on any atom is 0.159 e. The van der Waals surface area contributed by atoms with Gasteiger partial charge in [-0.15, -0.1) is 0 Å². The van der Waals surface area contributed by atoms with Crippen molar-refractivity contribution in [3.05, 3.63) is 36.7 Å². The molecule has 2 heterocycles. The Labute approximate surface area is 118 Å². The van der Waals surface area contributed by atoms with Crippen LogP contribution in [0, 0.1) is 0 Å². The molecule has 0 bridgehead atoms. The van der Waals surface area contributed by atoms with Gasteiger partial charge in [-0.25, -0.2) is 9.97 Å². The molecule has 1 saturated heterocycles. The van der Waals surface area contributed by atoms with Gasteiger partial charge < -0.3 is 15.0 Å². The van der Waals surface area contributed by atoms with E-state index in [0.29, 0.717) is 0 Å². The number of aromatic nitrogens is 2. The lowest BCUT2D eigenvalue weighted by Crippen LogP contribution is -2.43. The minimum atomic E-state index is 0.725. The van der Waals surface area contributed by atoms with Crippen LogP contribution in [-0.4, -0.2) is 43.3 Å². The summed E-state index contributed by atoms with van der Waals surface area (Å²) in [6, 6.07) is 7.79. The Kier molecular flexibility index (Phi) is 3.78. The molecule has 3 rings (SSSR count). The van der Waals surface area contributed by atoms with E-state index in [9.17, 15) is 0 Å². The van der Waals surface area contributed by atoms with Crippen molar-refractivity contribution in [2.45, 2.75) is 0 Å². The van der Waals surface area contributed by atoms with Crippen LogP contribution in [0.1, 0.15) is 0 Å². The Morgan fingerprint density at radius 3 is 2.60 bits per heavy atom. The number of nitrogens with one attached hydrogen (secondary N) is 1. The first-order valence-corrected chi connectivity index (χ1v) is 6.79. The first-order valence-electron chi connectivity index (χ1n) is 6.79. The fourth-order valence-corrected chi connectivity index (χ4v) is 2.32. The number of benzene rings is 1. The van der Waals surface area contributed by atoms with Crippen molar-refractivity contribution in [1.82, 2.24) is 15.3 Å². The highest BCUT2D eigenvalue weighted by Crippen LogP contribution is 2.21. The summed E-state index contributed by atoms with van der Waals surface area (Å²) in [5.74, 6) is 1.54. The predicted octanol–water partition coefficient (Wildman–Crippen LogP) is 1.56. The lowest BCUT2D eigenvalue weighted by Gasteiger charge is -2.28. The highest BCUT2D eigenvalue weighted by atomic mass is 16.5. The molecule has 1 fully saturated rings. The third-order valence-corrected chi connectivity index (χ3v) is 3.45. The molecule has 1 aromatic carbocycles. The molecular weight excluding hydrogens is 252 g/mol. The monoisotopic (exact) mass is 270 g/mol. The summed E-state index contributed by atoms with van der Waals surface area (Å²) in [4.78, 5) is 11.2. The molecule has 0 saturated carbocycles. The molecule has 5 heteroatoms. The molecule has 0 unspecified atom stereocenters. The van der Waals surface area contributed by atoms with Crippen LogP contribution in [0.4, 0.5) is 5.69 Å². The molecule has 0 radical (unpaired) electrons. The average molecular weight is 270 g/mol. The molecule has 104 valence electrons. The fraction of sp³-hybridized carbons (Fsp3) is 0.333. The van der Waals surface area contributed by atoms with Crippen LogP contribution in [0.15, 0.2) is 36.7 Å². The van der Waals surface area contributed by atoms with Crippen molar-refractivity contribution >= 4 is 5.69 Å². The zero-order chi connectivity index (χ0) is 13.8. The van der Waals surface area contributed by atoms with Gasteiger partial charge in [0.25, 0.3) is 0 Å². The van der Waals surface area contributed by atoms with E-state index in [-0.39, 0.29) is 0 Å². The van der Waals surface area contributed by atoms with Crippen molar-refractivity contribution in [1.29, 1.82) is 0 Å². The largest absolute Gasteiger partial charge is 0.497 e. The van der Waals surface area contributed by atoms with E-state index in [1.54, 1.807) is 7.11 Å². The molecule has 1 N–H and O–H groups in total. The second kappa shape index (κ2) is 5.88. The van der Waals surface area contributed by atoms with Gasteiger partial charge in [0, 0.05) is 31.7 Å². The summed E-state index contributed by atoms with van der Waals surface area (Å²) in [5.41, 5.74) is 2.05. The van der Waals surface area contributed by atoms with Crippen molar-refractivity contribution in [2.75, 3.05) is 38.2 Å². The highest BCUT2D eigenvalue weighted by Gasteiger charge is 2.11. The van der Waals surface area contributed by atoms with Gasteiger partial charge in [-0.05, 0) is 12.1 Å². The number of ether oxygens (including phenoxy) is 1. The normalized spacial score (nSPS) is 15.2. The van der Waals surface area contributed by atoms with Gasteiger partial charge in [0.15, 0.2) is 5.82 Å². The minimum absolute atomic E-state index is 0.725. The molecule has 20 heavy (non-hydrogen) atoms. The third kappa shape index (κ3) is 2.72. The summed E-state index contributed by atoms with van der Waals surface area (Å²) in [5, 5.41) is 3.34. The van der Waals surface area contributed by atoms with Gasteiger partial charge in [0.1, 0.15) is 5.75 Å². The summed E-state index contributed by atoms with van der Waals surface area (Å²) >= 11 is 0. The SMILES string of the molecule is COc1cccc(-c2ncc(N3CCNCC3)cn2)c1. The quantitative estimate of drug-likeness (QED) is 0.917. The van der Waals surface area contributed by atoms with Gasteiger partial charge in [-0.2, -0.15) is 0 Å². The van der Waals surface area contributed by atoms with Gasteiger partial charge in [0.2, 0.25) is 0 Å². The molecule has 2 aromatic rings. The van der Waals surface area contributed by atoms with E-state index in [1.807, 2.05) is 36.7 Å². The van der Waals surface area contributed by atoms with E-state index >= 15 is 0 Å². The Morgan fingerprint density at radius 1 is 1.15 bits per heavy atom. The highest BCUT2D eigenvalue weighted by molar-refractivity contribution is 5.58. The summed E-state index contributed by atoms with van der Waals surface area (Å²) in [7, 11) is 1.66. The van der Waals surface area contributed by atoms with Crippen LogP contribution in [0.5, 0.6) is 5.75 Å². The molecule has 0 atom stereocenters. The number of hydrogen-bond donors (Lipinski definition) is 1. The van der Waals surface area contributed by atoms with E-state index in [0.717, 1.165) is 49.0 Å². The lowest BCUT2D eigenvalue weighted by atomic mass is 10.2. The minimum Gasteiger partial charge on any atom is -0.497 e. The van der Waals surface area contributed by atoms with Crippen molar-refractivity contribution in [3.63, 3.8) is 0 Å². The number of rotatable bonds is 3.